The van der Waals surface area contributed by atoms with Gasteiger partial charge in [0.2, 0.25) is 5.91 Å². The van der Waals surface area contributed by atoms with Gasteiger partial charge in [-0.15, -0.1) is 0 Å². The summed E-state index contributed by atoms with van der Waals surface area (Å²) in [6, 6.07) is 5.67. The van der Waals surface area contributed by atoms with Gasteiger partial charge in [0.1, 0.15) is 11.6 Å². The van der Waals surface area contributed by atoms with E-state index in [2.05, 4.69) is 5.32 Å². The summed E-state index contributed by atoms with van der Waals surface area (Å²) < 4.78 is 18.1. The number of carboxylic acids is 1. The SMILES string of the molecule is O=C(CCOc1cccc(F)c1)NCC1(C(=O)O)CC1. The number of ether oxygens (including phenoxy) is 1. The molecule has 0 aromatic heterocycles. The monoisotopic (exact) mass is 281 g/mol. The Balaban J connectivity index is 1.67. The molecular weight excluding hydrogens is 265 g/mol. The third-order valence-corrected chi connectivity index (χ3v) is 3.33. The van der Waals surface area contributed by atoms with Gasteiger partial charge in [0, 0.05) is 12.6 Å². The van der Waals surface area contributed by atoms with Gasteiger partial charge in [-0.3, -0.25) is 9.59 Å². The molecule has 108 valence electrons. The molecule has 0 spiro atoms. The van der Waals surface area contributed by atoms with Crippen molar-refractivity contribution < 1.29 is 23.8 Å². The number of hydrogen-bond acceptors (Lipinski definition) is 3. The maximum Gasteiger partial charge on any atom is 0.311 e. The molecule has 1 amide bonds. The highest BCUT2D eigenvalue weighted by atomic mass is 19.1. The first-order valence-electron chi connectivity index (χ1n) is 6.40. The lowest BCUT2D eigenvalue weighted by molar-refractivity contribution is -0.143. The summed E-state index contributed by atoms with van der Waals surface area (Å²) in [5.41, 5.74) is -0.765. The van der Waals surface area contributed by atoms with E-state index < -0.39 is 17.2 Å². The average Bonchev–Trinajstić information content (AvgIpc) is 3.18. The van der Waals surface area contributed by atoms with E-state index in [1.54, 1.807) is 6.07 Å². The molecule has 1 aliphatic carbocycles. The van der Waals surface area contributed by atoms with Crippen molar-refractivity contribution in [2.45, 2.75) is 19.3 Å². The summed E-state index contributed by atoms with van der Waals surface area (Å²) in [6.07, 6.45) is 1.30. The second kappa shape index (κ2) is 5.90. The van der Waals surface area contributed by atoms with E-state index in [0.29, 0.717) is 18.6 Å². The number of carbonyl (C=O) groups excluding carboxylic acids is 1. The van der Waals surface area contributed by atoms with Crippen LogP contribution < -0.4 is 10.1 Å². The molecule has 1 saturated carbocycles. The fourth-order valence-electron chi connectivity index (χ4n) is 1.79. The zero-order chi connectivity index (χ0) is 14.6. The molecule has 0 bridgehead atoms. The summed E-state index contributed by atoms with van der Waals surface area (Å²) in [4.78, 5) is 22.5. The van der Waals surface area contributed by atoms with Gasteiger partial charge in [-0.25, -0.2) is 4.39 Å². The Labute approximate surface area is 115 Å². The summed E-state index contributed by atoms with van der Waals surface area (Å²) in [7, 11) is 0. The number of amides is 1. The zero-order valence-corrected chi connectivity index (χ0v) is 10.9. The number of carbonyl (C=O) groups is 2. The fraction of sp³-hybridized carbons (Fsp3) is 0.429. The molecule has 2 rings (SSSR count). The zero-order valence-electron chi connectivity index (χ0n) is 10.9. The third kappa shape index (κ3) is 3.69. The molecule has 1 aromatic carbocycles. The van der Waals surface area contributed by atoms with Crippen molar-refractivity contribution in [2.24, 2.45) is 5.41 Å². The van der Waals surface area contributed by atoms with Crippen molar-refractivity contribution in [3.8, 4) is 5.75 Å². The van der Waals surface area contributed by atoms with Crippen molar-refractivity contribution >= 4 is 11.9 Å². The Morgan fingerprint density at radius 1 is 1.40 bits per heavy atom. The predicted molar refractivity (Wildman–Crippen MR) is 68.8 cm³/mol. The standard InChI is InChI=1S/C14H16FNO4/c15-10-2-1-3-11(8-10)20-7-4-12(17)16-9-14(5-6-14)13(18)19/h1-3,8H,4-7,9H2,(H,16,17)(H,18,19). The van der Waals surface area contributed by atoms with Gasteiger partial charge in [0.05, 0.1) is 18.4 Å². The molecule has 1 fully saturated rings. The molecule has 0 unspecified atom stereocenters. The van der Waals surface area contributed by atoms with Crippen LogP contribution >= 0.6 is 0 Å². The van der Waals surface area contributed by atoms with Crippen LogP contribution in [0.4, 0.5) is 4.39 Å². The summed E-state index contributed by atoms with van der Waals surface area (Å²) in [5.74, 6) is -1.17. The maximum absolute atomic E-state index is 12.9. The topological polar surface area (TPSA) is 75.6 Å². The van der Waals surface area contributed by atoms with E-state index in [9.17, 15) is 14.0 Å². The molecule has 0 aliphatic heterocycles. The Bertz CT molecular complexity index is 514. The van der Waals surface area contributed by atoms with E-state index in [4.69, 9.17) is 9.84 Å². The second-order valence-corrected chi connectivity index (χ2v) is 4.92. The first kappa shape index (κ1) is 14.3. The molecule has 0 heterocycles. The molecule has 20 heavy (non-hydrogen) atoms. The first-order valence-corrected chi connectivity index (χ1v) is 6.40. The molecule has 1 aliphatic rings. The smallest absolute Gasteiger partial charge is 0.311 e. The molecule has 0 atom stereocenters. The number of rotatable bonds is 7. The highest BCUT2D eigenvalue weighted by Crippen LogP contribution is 2.45. The highest BCUT2D eigenvalue weighted by Gasteiger charge is 2.50. The molecule has 2 N–H and O–H groups in total. The Kier molecular flexibility index (Phi) is 4.22. The number of hydrogen-bond donors (Lipinski definition) is 2. The molecule has 0 saturated heterocycles. The van der Waals surface area contributed by atoms with Gasteiger partial charge in [-0.2, -0.15) is 0 Å². The van der Waals surface area contributed by atoms with E-state index in [-0.39, 0.29) is 25.5 Å². The van der Waals surface area contributed by atoms with Gasteiger partial charge in [-0.1, -0.05) is 6.07 Å². The van der Waals surface area contributed by atoms with E-state index in [1.165, 1.54) is 18.2 Å². The molecule has 0 radical (unpaired) electrons. The molecule has 5 nitrogen and oxygen atoms in total. The Hall–Kier alpha value is -2.11. The predicted octanol–water partition coefficient (Wildman–Crippen LogP) is 1.58. The van der Waals surface area contributed by atoms with Crippen molar-refractivity contribution in [1.29, 1.82) is 0 Å². The van der Waals surface area contributed by atoms with E-state index in [1.807, 2.05) is 0 Å². The van der Waals surface area contributed by atoms with Gasteiger partial charge in [-0.05, 0) is 25.0 Å². The minimum atomic E-state index is -0.867. The second-order valence-electron chi connectivity index (χ2n) is 4.92. The first-order chi connectivity index (χ1) is 9.52. The average molecular weight is 281 g/mol. The highest BCUT2D eigenvalue weighted by molar-refractivity contribution is 5.80. The fourth-order valence-corrected chi connectivity index (χ4v) is 1.79. The van der Waals surface area contributed by atoms with Crippen LogP contribution in [0.5, 0.6) is 5.75 Å². The van der Waals surface area contributed by atoms with Crippen LogP contribution in [-0.4, -0.2) is 30.1 Å². The number of nitrogens with one attached hydrogen (secondary N) is 1. The van der Waals surface area contributed by atoms with Crippen LogP contribution in [0, 0.1) is 11.2 Å². The normalized spacial score (nSPS) is 15.4. The minimum Gasteiger partial charge on any atom is -0.493 e. The van der Waals surface area contributed by atoms with Gasteiger partial charge in [0.25, 0.3) is 0 Å². The van der Waals surface area contributed by atoms with Crippen LogP contribution in [0.15, 0.2) is 24.3 Å². The Morgan fingerprint density at radius 3 is 2.75 bits per heavy atom. The van der Waals surface area contributed by atoms with Crippen LogP contribution in [0.1, 0.15) is 19.3 Å². The van der Waals surface area contributed by atoms with Gasteiger partial charge >= 0.3 is 5.97 Å². The summed E-state index contributed by atoms with van der Waals surface area (Å²) >= 11 is 0. The maximum atomic E-state index is 12.9. The molecule has 1 aromatic rings. The lowest BCUT2D eigenvalue weighted by atomic mass is 10.1. The van der Waals surface area contributed by atoms with Crippen LogP contribution in [0.25, 0.3) is 0 Å². The Morgan fingerprint density at radius 2 is 2.15 bits per heavy atom. The lowest BCUT2D eigenvalue weighted by Gasteiger charge is -2.11. The third-order valence-electron chi connectivity index (χ3n) is 3.33. The quantitative estimate of drug-likeness (QED) is 0.795. The number of halogens is 1. The summed E-state index contributed by atoms with van der Waals surface area (Å²) in [5, 5.41) is 11.5. The largest absolute Gasteiger partial charge is 0.493 e. The number of carboxylic acid groups (broad SMARTS) is 1. The van der Waals surface area contributed by atoms with Crippen LogP contribution in [0.2, 0.25) is 0 Å². The van der Waals surface area contributed by atoms with E-state index in [0.717, 1.165) is 0 Å². The van der Waals surface area contributed by atoms with Crippen molar-refractivity contribution in [3.63, 3.8) is 0 Å². The van der Waals surface area contributed by atoms with E-state index >= 15 is 0 Å². The van der Waals surface area contributed by atoms with Crippen LogP contribution in [0.3, 0.4) is 0 Å². The molecular formula is C14H16FNO4. The van der Waals surface area contributed by atoms with Crippen molar-refractivity contribution in [3.05, 3.63) is 30.1 Å². The lowest BCUT2D eigenvalue weighted by Crippen LogP contribution is -2.34. The minimum absolute atomic E-state index is 0.103. The number of aliphatic carboxylic acids is 1. The number of benzene rings is 1. The van der Waals surface area contributed by atoms with Crippen molar-refractivity contribution in [1.82, 2.24) is 5.32 Å². The molecule has 6 heteroatoms. The van der Waals surface area contributed by atoms with Gasteiger partial charge < -0.3 is 15.2 Å². The summed E-state index contributed by atoms with van der Waals surface area (Å²) in [6.45, 7) is 0.274. The van der Waals surface area contributed by atoms with Crippen molar-refractivity contribution in [2.75, 3.05) is 13.2 Å². The van der Waals surface area contributed by atoms with Crippen LogP contribution in [-0.2, 0) is 9.59 Å². The van der Waals surface area contributed by atoms with Gasteiger partial charge in [0.15, 0.2) is 0 Å².